The van der Waals surface area contributed by atoms with Gasteiger partial charge in [-0.2, -0.15) is 5.21 Å². The van der Waals surface area contributed by atoms with Crippen molar-refractivity contribution in [1.82, 2.24) is 30.4 Å². The number of aliphatic hydroxyl groups is 1. The van der Waals surface area contributed by atoms with Gasteiger partial charge in [0, 0.05) is 44.2 Å². The Morgan fingerprint density at radius 2 is 1.71 bits per heavy atom. The Hall–Kier alpha value is -3.59. The number of aryl methyl sites for hydroxylation is 1. The average molecular weight is 585 g/mol. The maximum atomic E-state index is 13.4. The van der Waals surface area contributed by atoms with Crippen LogP contribution < -0.4 is 0 Å². The second-order valence-corrected chi connectivity index (χ2v) is 12.2. The van der Waals surface area contributed by atoms with Gasteiger partial charge in [0.25, 0.3) is 5.91 Å². The van der Waals surface area contributed by atoms with Crippen molar-refractivity contribution in [3.8, 4) is 11.4 Å². The van der Waals surface area contributed by atoms with E-state index in [1.165, 1.54) is 11.1 Å². The van der Waals surface area contributed by atoms with Crippen molar-refractivity contribution in [2.24, 2.45) is 5.92 Å². The van der Waals surface area contributed by atoms with Crippen molar-refractivity contribution in [1.29, 1.82) is 0 Å². The molecule has 1 amide bonds. The number of piperidine rings is 1. The van der Waals surface area contributed by atoms with Crippen LogP contribution in [0.3, 0.4) is 0 Å². The van der Waals surface area contributed by atoms with Gasteiger partial charge in [0.2, 0.25) is 5.82 Å². The molecule has 0 spiro atoms. The summed E-state index contributed by atoms with van der Waals surface area (Å²) in [6, 6.07) is 26.1. The molecule has 3 aromatic carbocycles. The minimum atomic E-state index is -0.623. The first-order chi connectivity index (χ1) is 20.5. The van der Waals surface area contributed by atoms with Crippen LogP contribution in [0.1, 0.15) is 53.1 Å². The lowest BCUT2D eigenvalue weighted by atomic mass is 9.84. The summed E-state index contributed by atoms with van der Waals surface area (Å²) in [7, 11) is 0. The van der Waals surface area contributed by atoms with Crippen LogP contribution >= 0.6 is 11.6 Å². The molecule has 218 valence electrons. The maximum Gasteiger partial charge on any atom is 0.255 e. The Kier molecular flexibility index (Phi) is 8.65. The summed E-state index contributed by atoms with van der Waals surface area (Å²) in [5, 5.41) is 26.0. The molecular weight excluding hydrogens is 548 g/mol. The molecule has 1 aromatic heterocycles. The normalized spacial score (nSPS) is 20.6. The molecule has 42 heavy (non-hydrogen) atoms. The summed E-state index contributed by atoms with van der Waals surface area (Å²) >= 11 is 6.38. The summed E-state index contributed by atoms with van der Waals surface area (Å²) in [6.45, 7) is 4.04. The van der Waals surface area contributed by atoms with Gasteiger partial charge in [-0.05, 0) is 66.5 Å². The van der Waals surface area contributed by atoms with Gasteiger partial charge in [-0.1, -0.05) is 78.3 Å². The number of nitrogens with zero attached hydrogens (tertiary/aromatic N) is 5. The minimum Gasteiger partial charge on any atom is -0.390 e. The fraction of sp³-hybridized carbons (Fsp3) is 0.394. The van der Waals surface area contributed by atoms with Gasteiger partial charge in [0.15, 0.2) is 0 Å². The van der Waals surface area contributed by atoms with E-state index in [4.69, 9.17) is 11.6 Å². The highest BCUT2D eigenvalue weighted by atomic mass is 35.5. The van der Waals surface area contributed by atoms with Crippen molar-refractivity contribution < 1.29 is 9.90 Å². The molecule has 9 heteroatoms. The molecule has 3 heterocycles. The van der Waals surface area contributed by atoms with Crippen LogP contribution in [0.15, 0.2) is 78.9 Å². The Labute approximate surface area is 251 Å². The number of hydrogen-bond donors (Lipinski definition) is 2. The summed E-state index contributed by atoms with van der Waals surface area (Å²) in [5.41, 5.74) is 3.40. The number of hydrogen-bond acceptors (Lipinski definition) is 6. The molecule has 2 N–H and O–H groups in total. The number of halogens is 1. The molecule has 2 atom stereocenters. The van der Waals surface area contributed by atoms with Crippen LogP contribution in [0.5, 0.6) is 0 Å². The van der Waals surface area contributed by atoms with E-state index in [1.807, 2.05) is 41.3 Å². The smallest absolute Gasteiger partial charge is 0.255 e. The largest absolute Gasteiger partial charge is 0.390 e. The van der Waals surface area contributed by atoms with Gasteiger partial charge in [0.05, 0.1) is 16.2 Å². The predicted molar refractivity (Wildman–Crippen MR) is 163 cm³/mol. The molecule has 2 fully saturated rings. The lowest BCUT2D eigenvalue weighted by Crippen LogP contribution is -2.46. The van der Waals surface area contributed by atoms with E-state index in [0.717, 1.165) is 57.3 Å². The molecule has 0 radical (unpaired) electrons. The first-order valence-electron chi connectivity index (χ1n) is 14.8. The lowest BCUT2D eigenvalue weighted by molar-refractivity contribution is -0.0315. The van der Waals surface area contributed by atoms with Crippen LogP contribution in [0.4, 0.5) is 0 Å². The van der Waals surface area contributed by atoms with Crippen LogP contribution in [-0.2, 0) is 6.42 Å². The van der Waals surface area contributed by atoms with Crippen LogP contribution in [0.2, 0.25) is 5.02 Å². The van der Waals surface area contributed by atoms with E-state index in [9.17, 15) is 9.90 Å². The molecule has 4 aromatic rings. The first kappa shape index (κ1) is 28.5. The number of amides is 1. The third-order valence-corrected chi connectivity index (χ3v) is 9.33. The highest BCUT2D eigenvalue weighted by Crippen LogP contribution is 2.36. The highest BCUT2D eigenvalue weighted by Gasteiger charge is 2.39. The van der Waals surface area contributed by atoms with Crippen molar-refractivity contribution in [3.05, 3.63) is 101 Å². The SMILES string of the molecule is O=C(c1ccccc1Cl)N1C[C@H](CN2CCC(O)(CCCc3ccc(-c4nn[nH]n4)cc3)CC2)[C@@H](c2ccccc2)C1. The van der Waals surface area contributed by atoms with Gasteiger partial charge < -0.3 is 14.9 Å². The minimum absolute atomic E-state index is 0.00139. The number of nitrogens with one attached hydrogen (secondary N) is 1. The summed E-state index contributed by atoms with van der Waals surface area (Å²) in [6.07, 6.45) is 4.21. The van der Waals surface area contributed by atoms with Gasteiger partial charge in [-0.15, -0.1) is 10.2 Å². The molecule has 6 rings (SSSR count). The van der Waals surface area contributed by atoms with E-state index in [0.29, 0.717) is 35.4 Å². The second kappa shape index (κ2) is 12.7. The lowest BCUT2D eigenvalue weighted by Gasteiger charge is -2.39. The van der Waals surface area contributed by atoms with Gasteiger partial charge in [0.1, 0.15) is 0 Å². The molecule has 0 bridgehead atoms. The third-order valence-electron chi connectivity index (χ3n) is 9.00. The topological polar surface area (TPSA) is 98.2 Å². The van der Waals surface area contributed by atoms with Crippen LogP contribution in [0, 0.1) is 5.92 Å². The second-order valence-electron chi connectivity index (χ2n) is 11.8. The van der Waals surface area contributed by atoms with Crippen molar-refractivity contribution >= 4 is 17.5 Å². The first-order valence-corrected chi connectivity index (χ1v) is 15.2. The monoisotopic (exact) mass is 584 g/mol. The molecule has 0 saturated carbocycles. The van der Waals surface area contributed by atoms with E-state index in [1.54, 1.807) is 6.07 Å². The zero-order valence-corrected chi connectivity index (χ0v) is 24.5. The van der Waals surface area contributed by atoms with E-state index in [-0.39, 0.29) is 11.8 Å². The number of carbonyl (C=O) groups is 1. The van der Waals surface area contributed by atoms with Crippen molar-refractivity contribution in [2.75, 3.05) is 32.7 Å². The third kappa shape index (κ3) is 6.56. The summed E-state index contributed by atoms with van der Waals surface area (Å²) < 4.78 is 0. The summed E-state index contributed by atoms with van der Waals surface area (Å²) in [5.74, 6) is 1.18. The fourth-order valence-corrected chi connectivity index (χ4v) is 6.78. The van der Waals surface area contributed by atoms with Gasteiger partial charge in [-0.25, -0.2) is 0 Å². The van der Waals surface area contributed by atoms with Crippen LogP contribution in [-0.4, -0.2) is 79.8 Å². The number of likely N-dealkylation sites (tertiary alicyclic amines) is 2. The van der Waals surface area contributed by atoms with E-state index < -0.39 is 5.60 Å². The van der Waals surface area contributed by atoms with Gasteiger partial charge in [-0.3, -0.25) is 4.79 Å². The predicted octanol–water partition coefficient (Wildman–Crippen LogP) is 5.23. The summed E-state index contributed by atoms with van der Waals surface area (Å²) in [4.78, 5) is 17.9. The fourth-order valence-electron chi connectivity index (χ4n) is 6.56. The number of rotatable bonds is 9. The number of tetrazole rings is 1. The number of carbonyl (C=O) groups excluding carboxylic acids is 1. The number of aromatic amines is 1. The molecule has 2 aliphatic heterocycles. The standard InChI is InChI=1S/C33H37ClN6O2/c34-30-11-5-4-10-28(30)32(41)40-22-27(29(23-40)25-8-2-1-3-9-25)21-39-19-17-33(42,18-20-39)16-6-7-24-12-14-26(15-13-24)31-35-37-38-36-31/h1-5,8-15,27,29,42H,6-7,16-23H2,(H,35,36,37,38)/t27-,29+/m0/s1. The molecule has 0 aliphatic carbocycles. The highest BCUT2D eigenvalue weighted by molar-refractivity contribution is 6.33. The van der Waals surface area contributed by atoms with Gasteiger partial charge >= 0.3 is 0 Å². The quantitative estimate of drug-likeness (QED) is 0.280. The molecule has 0 unspecified atom stereocenters. The Morgan fingerprint density at radius 1 is 0.976 bits per heavy atom. The average Bonchev–Trinajstić information content (AvgIpc) is 3.70. The molecule has 8 nitrogen and oxygen atoms in total. The molecule has 2 saturated heterocycles. The zero-order valence-electron chi connectivity index (χ0n) is 23.7. The van der Waals surface area contributed by atoms with Crippen molar-refractivity contribution in [2.45, 2.75) is 43.6 Å². The van der Waals surface area contributed by atoms with E-state index in [2.05, 4.69) is 61.9 Å². The Morgan fingerprint density at radius 3 is 2.43 bits per heavy atom. The van der Waals surface area contributed by atoms with Crippen LogP contribution in [0.25, 0.3) is 11.4 Å². The Balaban J connectivity index is 1.03. The molecular formula is C33H37ClN6O2. The number of H-pyrrole nitrogens is 1. The maximum absolute atomic E-state index is 13.4. The molecule has 2 aliphatic rings. The number of benzene rings is 3. The zero-order chi connectivity index (χ0) is 28.9. The number of aromatic nitrogens is 4. The van der Waals surface area contributed by atoms with Crippen molar-refractivity contribution in [3.63, 3.8) is 0 Å². The Bertz CT molecular complexity index is 1460. The van der Waals surface area contributed by atoms with E-state index >= 15 is 0 Å².